The summed E-state index contributed by atoms with van der Waals surface area (Å²) in [4.78, 5) is 0. The average molecular weight is 619 g/mol. The van der Waals surface area contributed by atoms with Gasteiger partial charge in [-0.1, -0.05) is 140 Å². The summed E-state index contributed by atoms with van der Waals surface area (Å²) in [6.07, 6.45) is 0. The van der Waals surface area contributed by atoms with Crippen molar-refractivity contribution in [2.24, 2.45) is 0 Å². The molecule has 10 aromatic rings. The Hall–Kier alpha value is -5.28. The highest BCUT2D eigenvalue weighted by Crippen LogP contribution is 2.50. The van der Waals surface area contributed by atoms with Gasteiger partial charge in [0, 0.05) is 41.4 Å². The molecule has 0 bridgehead atoms. The van der Waals surface area contributed by atoms with Gasteiger partial charge in [0.2, 0.25) is 0 Å². The van der Waals surface area contributed by atoms with Crippen LogP contribution in [0.3, 0.4) is 0 Å². The van der Waals surface area contributed by atoms with Crippen molar-refractivity contribution in [2.45, 2.75) is 0 Å². The van der Waals surface area contributed by atoms with Crippen LogP contribution >= 0.6 is 22.7 Å². The lowest BCUT2D eigenvalue weighted by molar-refractivity contribution is 1.69. The molecule has 0 fully saturated rings. The van der Waals surface area contributed by atoms with Gasteiger partial charge in [0.15, 0.2) is 0 Å². The summed E-state index contributed by atoms with van der Waals surface area (Å²) in [5.74, 6) is 0. The molecule has 0 amide bonds. The molecular weight excluding hydrogens is 593 g/mol. The van der Waals surface area contributed by atoms with Crippen LogP contribution in [-0.2, 0) is 0 Å². The molecule has 0 nitrogen and oxygen atoms in total. The molecule has 0 spiro atoms. The first-order valence-electron chi connectivity index (χ1n) is 15.7. The van der Waals surface area contributed by atoms with Gasteiger partial charge in [-0.25, -0.2) is 0 Å². The zero-order chi connectivity index (χ0) is 30.2. The molecule has 46 heavy (non-hydrogen) atoms. The zero-order valence-electron chi connectivity index (χ0n) is 24.8. The van der Waals surface area contributed by atoms with Crippen molar-refractivity contribution in [3.63, 3.8) is 0 Å². The lowest BCUT2D eigenvalue weighted by Crippen LogP contribution is -1.91. The quantitative estimate of drug-likeness (QED) is 0.173. The third kappa shape index (κ3) is 3.78. The van der Waals surface area contributed by atoms with Crippen LogP contribution in [0, 0.1) is 0 Å². The summed E-state index contributed by atoms with van der Waals surface area (Å²) >= 11 is 3.80. The molecule has 2 heterocycles. The van der Waals surface area contributed by atoms with Crippen LogP contribution in [0.25, 0.3) is 96.0 Å². The van der Waals surface area contributed by atoms with E-state index in [9.17, 15) is 0 Å². The molecule has 0 saturated heterocycles. The van der Waals surface area contributed by atoms with Gasteiger partial charge in [-0.3, -0.25) is 0 Å². The van der Waals surface area contributed by atoms with Crippen LogP contribution in [0.1, 0.15) is 0 Å². The molecule has 214 valence electrons. The van der Waals surface area contributed by atoms with Crippen LogP contribution < -0.4 is 0 Å². The molecule has 0 saturated carbocycles. The molecule has 8 aromatic carbocycles. The highest BCUT2D eigenvalue weighted by molar-refractivity contribution is 7.28. The van der Waals surface area contributed by atoms with Crippen molar-refractivity contribution in [3.8, 4) is 33.4 Å². The Kier molecular flexibility index (Phi) is 5.72. The molecule has 0 unspecified atom stereocenters. The maximum Gasteiger partial charge on any atom is 0.0448 e. The second-order valence-corrected chi connectivity index (χ2v) is 14.0. The third-order valence-corrected chi connectivity index (χ3v) is 11.7. The molecule has 2 heteroatoms. The van der Waals surface area contributed by atoms with Crippen LogP contribution in [0.4, 0.5) is 0 Å². The Morgan fingerprint density at radius 1 is 0.370 bits per heavy atom. The van der Waals surface area contributed by atoms with Gasteiger partial charge >= 0.3 is 0 Å². The van der Waals surface area contributed by atoms with E-state index in [0.717, 1.165) is 0 Å². The number of rotatable bonds is 3. The Labute approximate surface area is 274 Å². The fourth-order valence-electron chi connectivity index (χ4n) is 7.48. The summed E-state index contributed by atoms with van der Waals surface area (Å²) < 4.78 is 4.07. The topological polar surface area (TPSA) is 0 Å². The third-order valence-electron chi connectivity index (χ3n) is 9.53. The Bertz CT molecular complexity index is 2740. The lowest BCUT2D eigenvalue weighted by Gasteiger charge is -2.18. The van der Waals surface area contributed by atoms with E-state index in [0.29, 0.717) is 0 Å². The maximum absolute atomic E-state index is 2.35. The predicted octanol–water partition coefficient (Wildman–Crippen LogP) is 13.7. The van der Waals surface area contributed by atoms with Crippen LogP contribution in [0.2, 0.25) is 0 Å². The first-order valence-corrected chi connectivity index (χ1v) is 17.4. The summed E-state index contributed by atoms with van der Waals surface area (Å²) in [5, 5.41) is 14.1. The number of thiophene rings is 2. The minimum atomic E-state index is 1.26. The van der Waals surface area contributed by atoms with Gasteiger partial charge < -0.3 is 0 Å². The summed E-state index contributed by atoms with van der Waals surface area (Å²) in [6.45, 7) is 0. The van der Waals surface area contributed by atoms with E-state index in [1.54, 1.807) is 0 Å². The van der Waals surface area contributed by atoms with Crippen molar-refractivity contribution in [1.82, 2.24) is 0 Å². The molecular formula is C44H26S2. The second-order valence-electron chi connectivity index (χ2n) is 12.0. The summed E-state index contributed by atoms with van der Waals surface area (Å²) in [7, 11) is 0. The van der Waals surface area contributed by atoms with Crippen molar-refractivity contribution >= 4 is 85.2 Å². The van der Waals surface area contributed by atoms with Gasteiger partial charge in [0.25, 0.3) is 0 Å². The Morgan fingerprint density at radius 3 is 1.76 bits per heavy atom. The fraction of sp³-hybridized carbons (Fsp3) is 0. The highest BCUT2D eigenvalue weighted by atomic mass is 32.1. The lowest BCUT2D eigenvalue weighted by atomic mass is 9.85. The monoisotopic (exact) mass is 618 g/mol. The summed E-state index contributed by atoms with van der Waals surface area (Å²) in [5.41, 5.74) is 7.79. The van der Waals surface area contributed by atoms with Crippen molar-refractivity contribution in [2.75, 3.05) is 0 Å². The van der Waals surface area contributed by atoms with Crippen LogP contribution in [0.15, 0.2) is 157 Å². The van der Waals surface area contributed by atoms with E-state index in [1.807, 2.05) is 22.7 Å². The van der Waals surface area contributed by atoms with Gasteiger partial charge in [-0.2, -0.15) is 0 Å². The van der Waals surface area contributed by atoms with Gasteiger partial charge in [0.05, 0.1) is 0 Å². The van der Waals surface area contributed by atoms with Crippen molar-refractivity contribution < 1.29 is 0 Å². The number of hydrogen-bond acceptors (Lipinski definition) is 2. The Morgan fingerprint density at radius 2 is 1.00 bits per heavy atom. The van der Waals surface area contributed by atoms with E-state index in [4.69, 9.17) is 0 Å². The van der Waals surface area contributed by atoms with Crippen molar-refractivity contribution in [1.29, 1.82) is 0 Å². The minimum absolute atomic E-state index is 1.26. The molecule has 0 atom stereocenters. The smallest absolute Gasteiger partial charge is 0.0448 e. The second kappa shape index (κ2) is 10.1. The molecule has 0 radical (unpaired) electrons. The van der Waals surface area contributed by atoms with Crippen molar-refractivity contribution in [3.05, 3.63) is 157 Å². The first-order chi connectivity index (χ1) is 22.8. The van der Waals surface area contributed by atoms with E-state index in [2.05, 4.69) is 157 Å². The minimum Gasteiger partial charge on any atom is -0.143 e. The van der Waals surface area contributed by atoms with Crippen LogP contribution in [0.5, 0.6) is 0 Å². The number of hydrogen-bond donors (Lipinski definition) is 0. The maximum atomic E-state index is 2.35. The number of benzene rings is 8. The largest absolute Gasteiger partial charge is 0.143 e. The van der Waals surface area contributed by atoms with Crippen LogP contribution in [-0.4, -0.2) is 0 Å². The van der Waals surface area contributed by atoms with E-state index >= 15 is 0 Å². The average Bonchev–Trinajstić information content (AvgIpc) is 3.73. The highest BCUT2D eigenvalue weighted by Gasteiger charge is 2.21. The summed E-state index contributed by atoms with van der Waals surface area (Å²) in [6, 6.07) is 55.9. The fourth-order valence-corrected chi connectivity index (χ4v) is 9.90. The van der Waals surface area contributed by atoms with E-state index in [1.165, 1.54) is 96.0 Å². The SMILES string of the molecule is c1ccc(-c2csc3ccc4c5cccc(-c6c7ccccc7c(-c7ccc8ccccc8c7)c7ccccc67)c5sc4c23)cc1. The molecule has 2 aromatic heterocycles. The predicted molar refractivity (Wildman–Crippen MR) is 204 cm³/mol. The Balaban J connectivity index is 1.30. The molecule has 0 aliphatic heterocycles. The molecule has 0 aliphatic carbocycles. The zero-order valence-corrected chi connectivity index (χ0v) is 26.5. The van der Waals surface area contributed by atoms with E-state index in [-0.39, 0.29) is 0 Å². The standard InChI is InChI=1S/C44H26S2/c1-2-12-28(13-3-1)38-26-45-39-24-23-36-35-19-10-20-37(43(35)46-44(36)42(38)39)41-33-17-8-6-15-31(33)40(32-16-7-9-18-34(32)41)30-22-21-27-11-4-5-14-29(27)25-30/h1-26H. The van der Waals surface area contributed by atoms with Gasteiger partial charge in [-0.05, 0) is 72.1 Å². The van der Waals surface area contributed by atoms with E-state index < -0.39 is 0 Å². The first kappa shape index (κ1) is 26.0. The van der Waals surface area contributed by atoms with Gasteiger partial charge in [0.1, 0.15) is 0 Å². The normalized spacial score (nSPS) is 11.9. The molecule has 0 aliphatic rings. The van der Waals surface area contributed by atoms with Gasteiger partial charge in [-0.15, -0.1) is 22.7 Å². The number of fused-ring (bicyclic) bond motifs is 8. The molecule has 10 rings (SSSR count). The molecule has 0 N–H and O–H groups in total.